The maximum Gasteiger partial charge on any atom is 0.171 e. The minimum Gasteiger partial charge on any atom is -0.395 e. The third-order valence-corrected chi connectivity index (χ3v) is 4.03. The van der Waals surface area contributed by atoms with Crippen molar-refractivity contribution in [3.05, 3.63) is 33.8 Å². The molecule has 0 spiro atoms. The second kappa shape index (κ2) is 4.30. The van der Waals surface area contributed by atoms with Crippen molar-refractivity contribution in [1.82, 2.24) is 0 Å². The van der Waals surface area contributed by atoms with E-state index in [1.165, 1.54) is 0 Å². The van der Waals surface area contributed by atoms with E-state index in [1.54, 1.807) is 0 Å². The number of hydrogen-bond acceptors (Lipinski definition) is 2. The van der Waals surface area contributed by atoms with Gasteiger partial charge in [0.25, 0.3) is 0 Å². The molecule has 1 aromatic carbocycles. The lowest BCUT2D eigenvalue weighted by atomic mass is 9.65. The molecule has 2 rings (SSSR count). The minimum atomic E-state index is -0.494. The molecule has 0 heterocycles. The Hall–Kier alpha value is -0.670. The van der Waals surface area contributed by atoms with Crippen LogP contribution in [0, 0.1) is 12.3 Å². The summed E-state index contributed by atoms with van der Waals surface area (Å²) in [5.74, 6) is 0.0973. The van der Waals surface area contributed by atoms with Gasteiger partial charge in [-0.1, -0.05) is 28.4 Å². The first kappa shape index (κ1) is 11.8. The van der Waals surface area contributed by atoms with E-state index in [1.807, 2.05) is 25.1 Å². The zero-order valence-electron chi connectivity index (χ0n) is 9.29. The predicted octanol–water partition coefficient (Wildman–Crippen LogP) is 3.10. The van der Waals surface area contributed by atoms with Gasteiger partial charge in [-0.15, -0.1) is 0 Å². The van der Waals surface area contributed by atoms with Gasteiger partial charge in [-0.25, -0.2) is 0 Å². The monoisotopic (exact) mass is 282 g/mol. The van der Waals surface area contributed by atoms with Gasteiger partial charge in [0.2, 0.25) is 0 Å². The average molecular weight is 283 g/mol. The second-order valence-corrected chi connectivity index (χ2v) is 5.50. The first-order chi connectivity index (χ1) is 7.59. The van der Waals surface area contributed by atoms with Crippen LogP contribution in [0.3, 0.4) is 0 Å². The zero-order chi connectivity index (χ0) is 11.8. The number of aliphatic hydroxyl groups excluding tert-OH is 1. The van der Waals surface area contributed by atoms with E-state index in [4.69, 9.17) is 0 Å². The molecule has 0 aliphatic heterocycles. The number of Topliss-reactive ketones (excluding diaryl/α,β-unsaturated/α-hetero) is 1. The topological polar surface area (TPSA) is 37.3 Å². The lowest BCUT2D eigenvalue weighted by Crippen LogP contribution is -2.41. The van der Waals surface area contributed by atoms with Crippen molar-refractivity contribution >= 4 is 21.7 Å². The molecule has 0 amide bonds. The fraction of sp³-hybridized carbons (Fsp3) is 0.462. The van der Waals surface area contributed by atoms with Crippen LogP contribution >= 0.6 is 15.9 Å². The van der Waals surface area contributed by atoms with E-state index in [0.29, 0.717) is 0 Å². The standard InChI is InChI=1S/C13H15BrO2/c1-9-3-4-10(14)7-11(9)12(16)13(8-15)5-2-6-13/h3-4,7,15H,2,5-6,8H2,1H3. The predicted molar refractivity (Wildman–Crippen MR) is 66.6 cm³/mol. The Morgan fingerprint density at radius 3 is 2.69 bits per heavy atom. The second-order valence-electron chi connectivity index (χ2n) is 4.58. The Bertz CT molecular complexity index is 416. The zero-order valence-corrected chi connectivity index (χ0v) is 10.9. The summed E-state index contributed by atoms with van der Waals surface area (Å²) in [6.07, 6.45) is 2.67. The van der Waals surface area contributed by atoms with Gasteiger partial charge < -0.3 is 5.11 Å². The smallest absolute Gasteiger partial charge is 0.171 e. The fourth-order valence-corrected chi connectivity index (χ4v) is 2.55. The number of aryl methyl sites for hydroxylation is 1. The van der Waals surface area contributed by atoms with Crippen LogP contribution in [0.4, 0.5) is 0 Å². The molecule has 0 bridgehead atoms. The molecule has 86 valence electrons. The summed E-state index contributed by atoms with van der Waals surface area (Å²) in [6, 6.07) is 5.72. The van der Waals surface area contributed by atoms with Crippen molar-refractivity contribution < 1.29 is 9.90 Å². The van der Waals surface area contributed by atoms with Crippen LogP contribution in [0.2, 0.25) is 0 Å². The molecule has 1 fully saturated rings. The molecular weight excluding hydrogens is 268 g/mol. The highest BCUT2D eigenvalue weighted by molar-refractivity contribution is 9.10. The molecule has 1 aliphatic rings. The summed E-state index contributed by atoms with van der Waals surface area (Å²) >= 11 is 3.38. The lowest BCUT2D eigenvalue weighted by molar-refractivity contribution is 0.0347. The highest BCUT2D eigenvalue weighted by atomic mass is 79.9. The SMILES string of the molecule is Cc1ccc(Br)cc1C(=O)C1(CO)CCC1. The lowest BCUT2D eigenvalue weighted by Gasteiger charge is -2.39. The van der Waals surface area contributed by atoms with Crippen LogP contribution in [0.25, 0.3) is 0 Å². The third-order valence-electron chi connectivity index (χ3n) is 3.54. The Kier molecular flexibility index (Phi) is 3.17. The van der Waals surface area contributed by atoms with Crippen LogP contribution < -0.4 is 0 Å². The molecule has 1 aliphatic carbocycles. The number of aliphatic hydroxyl groups is 1. The first-order valence-corrected chi connectivity index (χ1v) is 6.30. The van der Waals surface area contributed by atoms with Crippen LogP contribution in [0.15, 0.2) is 22.7 Å². The van der Waals surface area contributed by atoms with Gasteiger partial charge in [-0.3, -0.25) is 4.79 Å². The summed E-state index contributed by atoms with van der Waals surface area (Å²) in [6.45, 7) is 1.90. The molecule has 0 aromatic heterocycles. The van der Waals surface area contributed by atoms with Crippen LogP contribution in [-0.2, 0) is 0 Å². The normalized spacial score (nSPS) is 17.9. The van der Waals surface area contributed by atoms with Gasteiger partial charge in [0.1, 0.15) is 0 Å². The van der Waals surface area contributed by atoms with E-state index in [0.717, 1.165) is 34.9 Å². The van der Waals surface area contributed by atoms with Crippen molar-refractivity contribution in [1.29, 1.82) is 0 Å². The van der Waals surface area contributed by atoms with Gasteiger partial charge in [-0.05, 0) is 37.5 Å². The molecule has 3 heteroatoms. The van der Waals surface area contributed by atoms with Crippen molar-refractivity contribution in [2.75, 3.05) is 6.61 Å². The molecule has 0 unspecified atom stereocenters. The van der Waals surface area contributed by atoms with Crippen molar-refractivity contribution in [3.8, 4) is 0 Å². The summed E-state index contributed by atoms with van der Waals surface area (Å²) in [7, 11) is 0. The molecular formula is C13H15BrO2. The molecule has 0 atom stereocenters. The fourth-order valence-electron chi connectivity index (χ4n) is 2.19. The summed E-state index contributed by atoms with van der Waals surface area (Å²) < 4.78 is 0.911. The Morgan fingerprint density at radius 2 is 2.19 bits per heavy atom. The van der Waals surface area contributed by atoms with Gasteiger partial charge in [0.05, 0.1) is 12.0 Å². The number of halogens is 1. The molecule has 1 saturated carbocycles. The van der Waals surface area contributed by atoms with E-state index in [2.05, 4.69) is 15.9 Å². The number of carbonyl (C=O) groups excluding carboxylic acids is 1. The molecule has 2 nitrogen and oxygen atoms in total. The Morgan fingerprint density at radius 1 is 1.50 bits per heavy atom. The Balaban J connectivity index is 2.37. The van der Waals surface area contributed by atoms with Gasteiger partial charge in [0.15, 0.2) is 5.78 Å². The highest BCUT2D eigenvalue weighted by Crippen LogP contribution is 2.43. The van der Waals surface area contributed by atoms with Crippen molar-refractivity contribution in [3.63, 3.8) is 0 Å². The molecule has 1 aromatic rings. The van der Waals surface area contributed by atoms with E-state index < -0.39 is 5.41 Å². The maximum atomic E-state index is 12.4. The molecule has 0 saturated heterocycles. The summed E-state index contributed by atoms with van der Waals surface area (Å²) in [4.78, 5) is 12.4. The molecule has 16 heavy (non-hydrogen) atoms. The van der Waals surface area contributed by atoms with Crippen LogP contribution in [-0.4, -0.2) is 17.5 Å². The van der Waals surface area contributed by atoms with E-state index >= 15 is 0 Å². The third kappa shape index (κ3) is 1.82. The summed E-state index contributed by atoms with van der Waals surface area (Å²) in [5, 5.41) is 9.40. The molecule has 1 N–H and O–H groups in total. The average Bonchev–Trinajstić information content (AvgIpc) is 2.21. The van der Waals surface area contributed by atoms with E-state index in [9.17, 15) is 9.90 Å². The number of rotatable bonds is 3. The number of carbonyl (C=O) groups is 1. The number of benzene rings is 1. The van der Waals surface area contributed by atoms with Crippen LogP contribution in [0.5, 0.6) is 0 Å². The quantitative estimate of drug-likeness (QED) is 0.865. The minimum absolute atomic E-state index is 0.0300. The van der Waals surface area contributed by atoms with Crippen LogP contribution in [0.1, 0.15) is 35.2 Å². The van der Waals surface area contributed by atoms with Crippen molar-refractivity contribution in [2.45, 2.75) is 26.2 Å². The van der Waals surface area contributed by atoms with Gasteiger partial charge in [-0.2, -0.15) is 0 Å². The van der Waals surface area contributed by atoms with Gasteiger partial charge >= 0.3 is 0 Å². The Labute approximate surface area is 104 Å². The highest BCUT2D eigenvalue weighted by Gasteiger charge is 2.44. The summed E-state index contributed by atoms with van der Waals surface area (Å²) in [5.41, 5.74) is 1.22. The maximum absolute atomic E-state index is 12.4. The van der Waals surface area contributed by atoms with Crippen molar-refractivity contribution in [2.24, 2.45) is 5.41 Å². The molecule has 0 radical (unpaired) electrons. The largest absolute Gasteiger partial charge is 0.395 e. The van der Waals surface area contributed by atoms with Gasteiger partial charge in [0, 0.05) is 10.0 Å². The number of hydrogen-bond donors (Lipinski definition) is 1. The number of ketones is 1. The van der Waals surface area contributed by atoms with E-state index in [-0.39, 0.29) is 12.4 Å². The first-order valence-electron chi connectivity index (χ1n) is 5.51.